The molecule has 0 saturated carbocycles. The quantitative estimate of drug-likeness (QED) is 0.353. The molecule has 1 amide bonds. The van der Waals surface area contributed by atoms with Gasteiger partial charge in [-0.1, -0.05) is 19.9 Å². The summed E-state index contributed by atoms with van der Waals surface area (Å²) in [6.07, 6.45) is 0.749. The number of amides is 1. The number of benzene rings is 1. The highest BCUT2D eigenvalue weighted by Gasteiger charge is 2.22. The molecule has 30 heavy (non-hydrogen) atoms. The molecule has 0 unspecified atom stereocenters. The van der Waals surface area contributed by atoms with Gasteiger partial charge in [0.1, 0.15) is 21.7 Å². The predicted molar refractivity (Wildman–Crippen MR) is 121 cm³/mol. The van der Waals surface area contributed by atoms with Crippen LogP contribution in [0, 0.1) is 18.3 Å². The highest BCUT2D eigenvalue weighted by atomic mass is 79.9. The van der Waals surface area contributed by atoms with Crippen LogP contribution in [0.25, 0.3) is 0 Å². The van der Waals surface area contributed by atoms with Gasteiger partial charge in [-0.2, -0.15) is 5.26 Å². The zero-order chi connectivity index (χ0) is 22.3. The van der Waals surface area contributed by atoms with E-state index < -0.39 is 5.97 Å². The Morgan fingerprint density at radius 1 is 1.33 bits per heavy atom. The maximum Gasteiger partial charge on any atom is 0.348 e. The van der Waals surface area contributed by atoms with Gasteiger partial charge in [-0.05, 0) is 65.4 Å². The van der Waals surface area contributed by atoms with Gasteiger partial charge in [0.2, 0.25) is 5.91 Å². The molecule has 6 nitrogen and oxygen atoms in total. The van der Waals surface area contributed by atoms with E-state index in [0.717, 1.165) is 21.6 Å². The fourth-order valence-electron chi connectivity index (χ4n) is 2.72. The third-order valence-electron chi connectivity index (χ3n) is 4.40. The summed E-state index contributed by atoms with van der Waals surface area (Å²) in [6, 6.07) is 8.04. The Hall–Kier alpha value is -2.37. The van der Waals surface area contributed by atoms with E-state index in [9.17, 15) is 14.9 Å². The molecule has 0 aliphatic carbocycles. The van der Waals surface area contributed by atoms with Gasteiger partial charge >= 0.3 is 5.97 Å². The lowest BCUT2D eigenvalue weighted by atomic mass is 10.0. The van der Waals surface area contributed by atoms with Crippen LogP contribution in [0.3, 0.4) is 0 Å². The van der Waals surface area contributed by atoms with Crippen LogP contribution >= 0.6 is 27.3 Å². The summed E-state index contributed by atoms with van der Waals surface area (Å²) < 4.78 is 11.7. The number of hydrogen-bond donors (Lipinski definition) is 1. The van der Waals surface area contributed by atoms with Gasteiger partial charge in [0.25, 0.3) is 0 Å². The first-order chi connectivity index (χ1) is 14.3. The smallest absolute Gasteiger partial charge is 0.348 e. The van der Waals surface area contributed by atoms with E-state index in [2.05, 4.69) is 41.2 Å². The number of carbonyl (C=O) groups is 2. The number of rotatable bonds is 9. The minimum absolute atomic E-state index is 0.234. The molecular formula is C22H25BrN2O4S. The van der Waals surface area contributed by atoms with Gasteiger partial charge in [0, 0.05) is 6.42 Å². The lowest BCUT2D eigenvalue weighted by molar-refractivity contribution is -0.116. The Balaban J connectivity index is 1.90. The molecule has 1 aromatic heterocycles. The lowest BCUT2D eigenvalue weighted by Gasteiger charge is -2.11. The second kappa shape index (κ2) is 11.1. The number of nitriles is 1. The average molecular weight is 493 g/mol. The van der Waals surface area contributed by atoms with Gasteiger partial charge in [-0.15, -0.1) is 11.3 Å². The first-order valence-electron chi connectivity index (χ1n) is 9.71. The van der Waals surface area contributed by atoms with E-state index in [1.807, 2.05) is 18.2 Å². The zero-order valence-electron chi connectivity index (χ0n) is 17.5. The number of nitrogens with one attached hydrogen (secondary N) is 1. The van der Waals surface area contributed by atoms with E-state index in [-0.39, 0.29) is 18.9 Å². The number of anilines is 1. The first kappa shape index (κ1) is 23.9. The molecule has 0 aliphatic heterocycles. The summed E-state index contributed by atoms with van der Waals surface area (Å²) in [6.45, 7) is 8.28. The Morgan fingerprint density at radius 2 is 2.07 bits per heavy atom. The topological polar surface area (TPSA) is 88.4 Å². The normalized spacial score (nSPS) is 10.6. The van der Waals surface area contributed by atoms with E-state index in [4.69, 9.17) is 9.47 Å². The molecule has 0 bridgehead atoms. The number of hydrogen-bond acceptors (Lipinski definition) is 6. The van der Waals surface area contributed by atoms with Crippen LogP contribution in [-0.2, 0) is 9.53 Å². The summed E-state index contributed by atoms with van der Waals surface area (Å²) in [5, 5.41) is 12.5. The fraction of sp³-hybridized carbons (Fsp3) is 0.409. The number of nitrogens with zero attached hydrogens (tertiary/aromatic N) is 1. The number of carbonyl (C=O) groups excluding carboxylic acids is 2. The largest absolute Gasteiger partial charge is 0.492 e. The Labute approximate surface area is 189 Å². The lowest BCUT2D eigenvalue weighted by Crippen LogP contribution is -2.12. The van der Waals surface area contributed by atoms with Gasteiger partial charge in [0.15, 0.2) is 0 Å². The third kappa shape index (κ3) is 6.07. The van der Waals surface area contributed by atoms with E-state index >= 15 is 0 Å². The first-order valence-corrected chi connectivity index (χ1v) is 11.3. The Morgan fingerprint density at radius 3 is 2.67 bits per heavy atom. The predicted octanol–water partition coefficient (Wildman–Crippen LogP) is 5.79. The molecule has 0 aliphatic rings. The minimum atomic E-state index is -0.487. The van der Waals surface area contributed by atoms with E-state index in [1.165, 1.54) is 5.56 Å². The van der Waals surface area contributed by atoms with Crippen molar-refractivity contribution in [3.63, 3.8) is 0 Å². The second-order valence-electron chi connectivity index (χ2n) is 6.94. The molecular weight excluding hydrogens is 468 g/mol. The van der Waals surface area contributed by atoms with Crippen molar-refractivity contribution in [2.24, 2.45) is 0 Å². The van der Waals surface area contributed by atoms with Crippen molar-refractivity contribution >= 4 is 44.1 Å². The van der Waals surface area contributed by atoms with Crippen LogP contribution in [-0.4, -0.2) is 25.1 Å². The van der Waals surface area contributed by atoms with Crippen molar-refractivity contribution in [3.8, 4) is 11.8 Å². The van der Waals surface area contributed by atoms with E-state index in [0.29, 0.717) is 40.0 Å². The second-order valence-corrected chi connectivity index (χ2v) is 8.81. The molecule has 1 N–H and O–H groups in total. The van der Waals surface area contributed by atoms with Crippen LogP contribution in [0.4, 0.5) is 5.00 Å². The molecule has 1 aromatic carbocycles. The molecule has 2 rings (SSSR count). The summed E-state index contributed by atoms with van der Waals surface area (Å²) in [7, 11) is 0. The molecule has 0 atom stereocenters. The molecule has 0 fully saturated rings. The van der Waals surface area contributed by atoms with Gasteiger partial charge in [0.05, 0.1) is 23.2 Å². The van der Waals surface area contributed by atoms with Crippen LogP contribution in [0.2, 0.25) is 0 Å². The fourth-order valence-corrected chi connectivity index (χ4v) is 4.30. The molecule has 0 spiro atoms. The van der Waals surface area contributed by atoms with Crippen molar-refractivity contribution in [1.29, 1.82) is 5.26 Å². The number of ether oxygens (including phenoxy) is 2. The molecule has 160 valence electrons. The summed E-state index contributed by atoms with van der Waals surface area (Å²) in [4.78, 5) is 24.6. The Kier molecular flexibility index (Phi) is 8.88. The highest BCUT2D eigenvalue weighted by Crippen LogP contribution is 2.33. The van der Waals surface area contributed by atoms with E-state index in [1.54, 1.807) is 13.8 Å². The molecule has 0 saturated heterocycles. The van der Waals surface area contributed by atoms with Gasteiger partial charge in [-0.3, -0.25) is 4.79 Å². The monoisotopic (exact) mass is 492 g/mol. The molecule has 0 radical (unpaired) electrons. The highest BCUT2D eigenvalue weighted by molar-refractivity contribution is 9.10. The van der Waals surface area contributed by atoms with Crippen molar-refractivity contribution in [3.05, 3.63) is 44.2 Å². The summed E-state index contributed by atoms with van der Waals surface area (Å²) >= 11 is 4.58. The maximum absolute atomic E-state index is 12.3. The number of esters is 1. The van der Waals surface area contributed by atoms with Crippen LogP contribution in [0.15, 0.2) is 22.7 Å². The Bertz CT molecular complexity index is 963. The van der Waals surface area contributed by atoms with Crippen molar-refractivity contribution in [1.82, 2.24) is 0 Å². The summed E-state index contributed by atoms with van der Waals surface area (Å²) in [5.74, 6) is 0.447. The summed E-state index contributed by atoms with van der Waals surface area (Å²) in [5.41, 5.74) is 2.03. The average Bonchev–Trinajstić information content (AvgIpc) is 3.01. The van der Waals surface area contributed by atoms with Crippen molar-refractivity contribution in [2.45, 2.75) is 46.5 Å². The van der Waals surface area contributed by atoms with Gasteiger partial charge < -0.3 is 14.8 Å². The van der Waals surface area contributed by atoms with Crippen LogP contribution in [0.5, 0.6) is 5.75 Å². The van der Waals surface area contributed by atoms with Crippen molar-refractivity contribution in [2.75, 3.05) is 18.5 Å². The molecule has 8 heteroatoms. The SMILES string of the molecule is CCOC(=O)c1sc(NC(=O)CCCOc2ccc(C(C)C)cc2Br)c(C#N)c1C. The van der Waals surface area contributed by atoms with Crippen molar-refractivity contribution < 1.29 is 19.1 Å². The van der Waals surface area contributed by atoms with Crippen LogP contribution < -0.4 is 10.1 Å². The number of thiophene rings is 1. The standard InChI is InChI=1S/C22H25BrN2O4S/c1-5-28-22(27)20-14(4)16(12-24)21(30-20)25-19(26)7-6-10-29-18-9-8-15(13(2)3)11-17(18)23/h8-9,11,13H,5-7,10H2,1-4H3,(H,25,26). The zero-order valence-corrected chi connectivity index (χ0v) is 19.9. The van der Waals surface area contributed by atoms with Gasteiger partial charge in [-0.25, -0.2) is 4.79 Å². The minimum Gasteiger partial charge on any atom is -0.492 e. The van der Waals surface area contributed by atoms with Crippen LogP contribution in [0.1, 0.15) is 65.9 Å². The third-order valence-corrected chi connectivity index (χ3v) is 6.21. The maximum atomic E-state index is 12.3. The molecule has 2 aromatic rings. The number of halogens is 1. The molecule has 1 heterocycles.